The van der Waals surface area contributed by atoms with Crippen LogP contribution in [0.15, 0.2) is 48.5 Å². The van der Waals surface area contributed by atoms with Crippen LogP contribution in [0.2, 0.25) is 0 Å². The lowest BCUT2D eigenvalue weighted by Crippen LogP contribution is -2.52. The van der Waals surface area contributed by atoms with Crippen LogP contribution in [0.1, 0.15) is 37.5 Å². The second-order valence-corrected chi connectivity index (χ2v) is 10.2. The van der Waals surface area contributed by atoms with Gasteiger partial charge in [-0.15, -0.1) is 0 Å². The molecule has 32 heavy (non-hydrogen) atoms. The van der Waals surface area contributed by atoms with Gasteiger partial charge in [0.1, 0.15) is 12.6 Å². The summed E-state index contributed by atoms with van der Waals surface area (Å²) >= 11 is 0. The van der Waals surface area contributed by atoms with Gasteiger partial charge in [0.2, 0.25) is 21.8 Å². The minimum atomic E-state index is -3.74. The number of amides is 2. The highest BCUT2D eigenvalue weighted by atomic mass is 32.2. The summed E-state index contributed by atoms with van der Waals surface area (Å²) in [5.41, 5.74) is 3.02. The van der Waals surface area contributed by atoms with Crippen LogP contribution in [0.25, 0.3) is 0 Å². The lowest BCUT2D eigenvalue weighted by molar-refractivity contribution is -0.139. The fourth-order valence-electron chi connectivity index (χ4n) is 3.37. The second-order valence-electron chi connectivity index (χ2n) is 8.34. The Hall–Kier alpha value is -2.87. The van der Waals surface area contributed by atoms with E-state index in [2.05, 4.69) is 5.32 Å². The molecule has 174 valence electrons. The number of hydrogen-bond acceptors (Lipinski definition) is 4. The van der Waals surface area contributed by atoms with Crippen LogP contribution in [0.4, 0.5) is 5.69 Å². The first-order chi connectivity index (χ1) is 14.9. The van der Waals surface area contributed by atoms with Crippen molar-refractivity contribution in [2.24, 2.45) is 0 Å². The molecule has 0 saturated carbocycles. The highest BCUT2D eigenvalue weighted by Crippen LogP contribution is 2.25. The van der Waals surface area contributed by atoms with E-state index in [0.29, 0.717) is 5.69 Å². The van der Waals surface area contributed by atoms with Gasteiger partial charge in [-0.25, -0.2) is 8.42 Å². The van der Waals surface area contributed by atoms with Crippen LogP contribution < -0.4 is 9.62 Å². The van der Waals surface area contributed by atoms with E-state index in [0.717, 1.165) is 27.3 Å². The first-order valence-electron chi connectivity index (χ1n) is 10.6. The van der Waals surface area contributed by atoms with Crippen molar-refractivity contribution >= 4 is 27.5 Å². The average molecular weight is 460 g/mol. The van der Waals surface area contributed by atoms with Crippen LogP contribution >= 0.6 is 0 Å². The summed E-state index contributed by atoms with van der Waals surface area (Å²) in [6.07, 6.45) is 1.08. The first kappa shape index (κ1) is 25.4. The van der Waals surface area contributed by atoms with E-state index < -0.39 is 28.5 Å². The zero-order chi connectivity index (χ0) is 24.1. The second kappa shape index (κ2) is 10.6. The summed E-state index contributed by atoms with van der Waals surface area (Å²) in [5, 5.41) is 2.83. The molecule has 1 N–H and O–H groups in total. The molecule has 0 aliphatic heterocycles. The van der Waals surface area contributed by atoms with Gasteiger partial charge in [-0.1, -0.05) is 42.5 Å². The van der Waals surface area contributed by atoms with Crippen molar-refractivity contribution in [3.05, 3.63) is 65.2 Å². The highest BCUT2D eigenvalue weighted by Gasteiger charge is 2.30. The summed E-state index contributed by atoms with van der Waals surface area (Å²) in [6.45, 7) is 8.86. The normalized spacial score (nSPS) is 12.3. The van der Waals surface area contributed by atoms with Crippen LogP contribution in [-0.2, 0) is 26.2 Å². The van der Waals surface area contributed by atoms with Gasteiger partial charge in [-0.3, -0.25) is 13.9 Å². The van der Waals surface area contributed by atoms with Crippen molar-refractivity contribution in [3.8, 4) is 0 Å². The first-order valence-corrected chi connectivity index (χ1v) is 12.4. The quantitative estimate of drug-likeness (QED) is 0.625. The van der Waals surface area contributed by atoms with Gasteiger partial charge in [0.05, 0.1) is 11.9 Å². The molecule has 0 heterocycles. The van der Waals surface area contributed by atoms with Gasteiger partial charge in [0, 0.05) is 12.6 Å². The monoisotopic (exact) mass is 459 g/mol. The third-order valence-electron chi connectivity index (χ3n) is 5.32. The van der Waals surface area contributed by atoms with Gasteiger partial charge in [0.15, 0.2) is 0 Å². The van der Waals surface area contributed by atoms with E-state index in [1.165, 1.54) is 4.90 Å². The zero-order valence-electron chi connectivity index (χ0n) is 19.6. The molecule has 2 amide bonds. The molecule has 1 atom stereocenters. The summed E-state index contributed by atoms with van der Waals surface area (Å²) < 4.78 is 26.4. The largest absolute Gasteiger partial charge is 0.352 e. The molecule has 2 rings (SSSR count). The van der Waals surface area contributed by atoms with Gasteiger partial charge in [-0.05, 0) is 57.4 Å². The maximum absolute atomic E-state index is 13.4. The molecule has 0 aromatic heterocycles. The molecule has 0 fully saturated rings. The Morgan fingerprint density at radius 1 is 0.969 bits per heavy atom. The predicted molar refractivity (Wildman–Crippen MR) is 128 cm³/mol. The maximum atomic E-state index is 13.4. The van der Waals surface area contributed by atoms with Crippen molar-refractivity contribution in [1.82, 2.24) is 10.2 Å². The number of carbonyl (C=O) groups is 2. The Bertz CT molecular complexity index is 1050. The number of benzene rings is 2. The Balaban J connectivity index is 2.41. The minimum absolute atomic E-state index is 0.0823. The Labute approximate surface area is 191 Å². The van der Waals surface area contributed by atoms with E-state index in [4.69, 9.17) is 0 Å². The summed E-state index contributed by atoms with van der Waals surface area (Å²) in [7, 11) is -3.74. The van der Waals surface area contributed by atoms with Crippen molar-refractivity contribution in [2.45, 2.75) is 53.2 Å². The fourth-order valence-corrected chi connectivity index (χ4v) is 4.27. The molecule has 7 nitrogen and oxygen atoms in total. The Kier molecular flexibility index (Phi) is 8.44. The molecule has 0 radical (unpaired) electrons. The smallest absolute Gasteiger partial charge is 0.244 e. The fraction of sp³-hybridized carbons (Fsp3) is 0.417. The van der Waals surface area contributed by atoms with E-state index in [9.17, 15) is 18.0 Å². The molecule has 0 unspecified atom stereocenters. The average Bonchev–Trinajstić information content (AvgIpc) is 2.71. The zero-order valence-corrected chi connectivity index (χ0v) is 20.4. The molecule has 8 heteroatoms. The third-order valence-corrected chi connectivity index (χ3v) is 6.44. The molecular formula is C24H33N3O4S. The number of anilines is 1. The third kappa shape index (κ3) is 6.56. The number of carbonyl (C=O) groups excluding carboxylic acids is 2. The van der Waals surface area contributed by atoms with Crippen LogP contribution in [0.3, 0.4) is 0 Å². The SMILES string of the molecule is Cc1cccc(N(CC(=O)N(Cc2ccccc2)[C@@H](C)C(=O)NC(C)C)S(C)(=O)=O)c1C. The van der Waals surface area contributed by atoms with Crippen LogP contribution in [-0.4, -0.2) is 50.0 Å². The lowest BCUT2D eigenvalue weighted by atomic mass is 10.1. The Morgan fingerprint density at radius 3 is 2.16 bits per heavy atom. The van der Waals surface area contributed by atoms with Crippen molar-refractivity contribution in [1.29, 1.82) is 0 Å². The molecule has 2 aromatic carbocycles. The highest BCUT2D eigenvalue weighted by molar-refractivity contribution is 7.92. The summed E-state index contributed by atoms with van der Waals surface area (Å²) in [5.74, 6) is -0.742. The minimum Gasteiger partial charge on any atom is -0.352 e. The van der Waals surface area contributed by atoms with E-state index in [1.807, 2.05) is 64.1 Å². The lowest BCUT2D eigenvalue weighted by Gasteiger charge is -2.32. The topological polar surface area (TPSA) is 86.8 Å². The molecule has 0 aliphatic carbocycles. The summed E-state index contributed by atoms with van der Waals surface area (Å²) in [4.78, 5) is 27.6. The van der Waals surface area contributed by atoms with Crippen LogP contribution in [0, 0.1) is 13.8 Å². The predicted octanol–water partition coefficient (Wildman–Crippen LogP) is 3.01. The van der Waals surface area contributed by atoms with Gasteiger partial charge >= 0.3 is 0 Å². The van der Waals surface area contributed by atoms with Crippen LogP contribution in [0.5, 0.6) is 0 Å². The molecule has 2 aromatic rings. The number of nitrogens with one attached hydrogen (secondary N) is 1. The molecular weight excluding hydrogens is 426 g/mol. The van der Waals surface area contributed by atoms with E-state index in [1.54, 1.807) is 19.1 Å². The molecule has 0 aliphatic rings. The number of hydrogen-bond donors (Lipinski definition) is 1. The van der Waals surface area contributed by atoms with Crippen molar-refractivity contribution in [3.63, 3.8) is 0 Å². The maximum Gasteiger partial charge on any atom is 0.244 e. The van der Waals surface area contributed by atoms with Crippen molar-refractivity contribution in [2.75, 3.05) is 17.1 Å². The standard InChI is InChI=1S/C24H33N3O4S/c1-17(2)25-24(29)20(5)26(15-21-12-8-7-9-13-21)23(28)16-27(32(6,30)31)22-14-10-11-18(3)19(22)4/h7-14,17,20H,15-16H2,1-6H3,(H,25,29)/t20-/m0/s1. The van der Waals surface area contributed by atoms with Gasteiger partial charge in [0.25, 0.3) is 0 Å². The molecule has 0 saturated heterocycles. The Morgan fingerprint density at radius 2 is 1.59 bits per heavy atom. The molecule has 0 spiro atoms. The summed E-state index contributed by atoms with van der Waals surface area (Å²) in [6, 6.07) is 13.8. The molecule has 0 bridgehead atoms. The number of sulfonamides is 1. The van der Waals surface area contributed by atoms with Gasteiger partial charge in [-0.2, -0.15) is 0 Å². The number of nitrogens with zero attached hydrogens (tertiary/aromatic N) is 2. The van der Waals surface area contributed by atoms with Crippen molar-refractivity contribution < 1.29 is 18.0 Å². The van der Waals surface area contributed by atoms with Gasteiger partial charge < -0.3 is 10.2 Å². The number of rotatable bonds is 9. The van der Waals surface area contributed by atoms with E-state index >= 15 is 0 Å². The number of aryl methyl sites for hydroxylation is 1. The van der Waals surface area contributed by atoms with E-state index in [-0.39, 0.29) is 18.5 Å².